The van der Waals surface area contributed by atoms with Gasteiger partial charge in [-0.3, -0.25) is 0 Å². The minimum absolute atomic E-state index is 1.23. The fourth-order valence-corrected chi connectivity index (χ4v) is 6.60. The molecule has 0 heterocycles. The summed E-state index contributed by atoms with van der Waals surface area (Å²) < 4.78 is 0. The second kappa shape index (κ2) is 10.2. The van der Waals surface area contributed by atoms with Crippen molar-refractivity contribution < 1.29 is 0 Å². The molecule has 0 fully saturated rings. The molecule has 0 aliphatic heterocycles. The second-order valence-electron chi connectivity index (χ2n) is 10.9. The SMILES string of the molecule is c1ccc(-c2cccc(-c3c4ccccc4c(-c4ccc(-c5ccccc5)c5ccccc45)c4ccccc34)c2)cc1. The molecule has 0 bridgehead atoms. The summed E-state index contributed by atoms with van der Waals surface area (Å²) in [6, 6.07) is 61.7. The summed E-state index contributed by atoms with van der Waals surface area (Å²) in [5.74, 6) is 0. The monoisotopic (exact) mass is 532 g/mol. The summed E-state index contributed by atoms with van der Waals surface area (Å²) in [5.41, 5.74) is 10.0. The molecule has 0 atom stereocenters. The van der Waals surface area contributed by atoms with Crippen molar-refractivity contribution in [2.24, 2.45) is 0 Å². The van der Waals surface area contributed by atoms with Crippen molar-refractivity contribution in [3.05, 3.63) is 170 Å². The predicted octanol–water partition coefficient (Wildman–Crippen LogP) is 11.8. The summed E-state index contributed by atoms with van der Waals surface area (Å²) in [7, 11) is 0. The van der Waals surface area contributed by atoms with Gasteiger partial charge in [-0.2, -0.15) is 0 Å². The molecule has 0 saturated heterocycles. The topological polar surface area (TPSA) is 0 Å². The van der Waals surface area contributed by atoms with Crippen molar-refractivity contribution in [3.8, 4) is 44.5 Å². The normalized spacial score (nSPS) is 11.3. The van der Waals surface area contributed by atoms with Gasteiger partial charge >= 0.3 is 0 Å². The van der Waals surface area contributed by atoms with Crippen LogP contribution >= 0.6 is 0 Å². The quantitative estimate of drug-likeness (QED) is 0.198. The van der Waals surface area contributed by atoms with Crippen molar-refractivity contribution in [2.45, 2.75) is 0 Å². The van der Waals surface area contributed by atoms with E-state index in [-0.39, 0.29) is 0 Å². The van der Waals surface area contributed by atoms with Crippen LogP contribution in [-0.4, -0.2) is 0 Å². The van der Waals surface area contributed by atoms with Gasteiger partial charge in [0.05, 0.1) is 0 Å². The van der Waals surface area contributed by atoms with Gasteiger partial charge in [-0.15, -0.1) is 0 Å². The zero-order chi connectivity index (χ0) is 27.9. The van der Waals surface area contributed by atoms with E-state index in [0.29, 0.717) is 0 Å². The Bertz CT molecular complexity index is 2170. The molecule has 0 N–H and O–H groups in total. The van der Waals surface area contributed by atoms with Crippen molar-refractivity contribution in [1.82, 2.24) is 0 Å². The average molecular weight is 533 g/mol. The Morgan fingerprint density at radius 3 is 1.21 bits per heavy atom. The Morgan fingerprint density at radius 2 is 0.619 bits per heavy atom. The van der Waals surface area contributed by atoms with E-state index >= 15 is 0 Å². The molecule has 42 heavy (non-hydrogen) atoms. The van der Waals surface area contributed by atoms with Gasteiger partial charge in [-0.25, -0.2) is 0 Å². The predicted molar refractivity (Wildman–Crippen MR) is 181 cm³/mol. The average Bonchev–Trinajstić information content (AvgIpc) is 3.07. The van der Waals surface area contributed by atoms with Crippen LogP contribution in [0, 0.1) is 0 Å². The lowest BCUT2D eigenvalue weighted by molar-refractivity contribution is 1.61. The number of benzene rings is 8. The molecule has 0 saturated carbocycles. The summed E-state index contributed by atoms with van der Waals surface area (Å²) >= 11 is 0. The molecule has 0 aliphatic rings. The van der Waals surface area contributed by atoms with Crippen LogP contribution in [0.3, 0.4) is 0 Å². The fraction of sp³-hybridized carbons (Fsp3) is 0. The first-order valence-corrected chi connectivity index (χ1v) is 14.5. The van der Waals surface area contributed by atoms with Crippen LogP contribution in [0.2, 0.25) is 0 Å². The van der Waals surface area contributed by atoms with Gasteiger partial charge < -0.3 is 0 Å². The smallest absolute Gasteiger partial charge is 0.00201 e. The molecule has 196 valence electrons. The van der Waals surface area contributed by atoms with E-state index in [1.54, 1.807) is 0 Å². The van der Waals surface area contributed by atoms with Crippen LogP contribution in [0.15, 0.2) is 170 Å². The molecule has 8 aromatic carbocycles. The number of rotatable bonds is 4. The van der Waals surface area contributed by atoms with E-state index in [9.17, 15) is 0 Å². The Hall–Kier alpha value is -5.46. The molecule has 0 aliphatic carbocycles. The molecule has 0 nitrogen and oxygen atoms in total. The van der Waals surface area contributed by atoms with Crippen molar-refractivity contribution in [3.63, 3.8) is 0 Å². The second-order valence-corrected chi connectivity index (χ2v) is 10.9. The Morgan fingerprint density at radius 1 is 0.214 bits per heavy atom. The third-order valence-corrected chi connectivity index (χ3v) is 8.47. The first-order chi connectivity index (χ1) is 20.9. The third kappa shape index (κ3) is 4.00. The van der Waals surface area contributed by atoms with Gasteiger partial charge in [-0.1, -0.05) is 164 Å². The fourth-order valence-electron chi connectivity index (χ4n) is 6.60. The van der Waals surface area contributed by atoms with Crippen molar-refractivity contribution in [1.29, 1.82) is 0 Å². The highest BCUT2D eigenvalue weighted by Crippen LogP contribution is 2.46. The number of hydrogen-bond acceptors (Lipinski definition) is 0. The van der Waals surface area contributed by atoms with Gasteiger partial charge in [0.1, 0.15) is 0 Å². The lowest BCUT2D eigenvalue weighted by atomic mass is 9.83. The molecular formula is C42H28. The van der Waals surface area contributed by atoms with Crippen LogP contribution in [0.1, 0.15) is 0 Å². The maximum absolute atomic E-state index is 2.34. The highest BCUT2D eigenvalue weighted by molar-refractivity contribution is 6.24. The standard InChI is InChI=1S/C42H28/c1-3-14-29(15-4-1)31-18-13-19-32(28-31)41-36-22-9-11-24-38(36)42(39-25-12-10-23-37(39)41)40-27-26-33(30-16-5-2-6-17-30)34-20-7-8-21-35(34)40/h1-28H. The van der Waals surface area contributed by atoms with E-state index in [4.69, 9.17) is 0 Å². The number of hydrogen-bond donors (Lipinski definition) is 0. The highest BCUT2D eigenvalue weighted by Gasteiger charge is 2.19. The minimum atomic E-state index is 1.23. The molecule has 0 aromatic heterocycles. The first kappa shape index (κ1) is 24.3. The van der Waals surface area contributed by atoms with Crippen LogP contribution in [-0.2, 0) is 0 Å². The summed E-state index contributed by atoms with van der Waals surface area (Å²) in [4.78, 5) is 0. The zero-order valence-electron chi connectivity index (χ0n) is 23.2. The molecule has 8 rings (SSSR count). The van der Waals surface area contributed by atoms with E-state index in [2.05, 4.69) is 170 Å². The highest BCUT2D eigenvalue weighted by atomic mass is 14.2. The zero-order valence-corrected chi connectivity index (χ0v) is 23.2. The Balaban J connectivity index is 1.44. The molecule has 0 amide bonds. The van der Waals surface area contributed by atoms with Gasteiger partial charge in [0.2, 0.25) is 0 Å². The maximum Gasteiger partial charge on any atom is -0.00201 e. The van der Waals surface area contributed by atoms with Gasteiger partial charge in [0.25, 0.3) is 0 Å². The summed E-state index contributed by atoms with van der Waals surface area (Å²) in [6.45, 7) is 0. The van der Waals surface area contributed by atoms with Crippen LogP contribution < -0.4 is 0 Å². The molecule has 8 aromatic rings. The first-order valence-electron chi connectivity index (χ1n) is 14.5. The number of fused-ring (bicyclic) bond motifs is 3. The van der Waals surface area contributed by atoms with E-state index in [0.717, 1.165) is 0 Å². The van der Waals surface area contributed by atoms with E-state index in [1.165, 1.54) is 76.8 Å². The molecule has 0 radical (unpaired) electrons. The molecular weight excluding hydrogens is 504 g/mol. The Kier molecular flexibility index (Phi) is 5.90. The molecule has 0 spiro atoms. The molecule has 0 heteroatoms. The summed E-state index contributed by atoms with van der Waals surface area (Å²) in [5, 5.41) is 7.63. The lowest BCUT2D eigenvalue weighted by Gasteiger charge is -2.20. The summed E-state index contributed by atoms with van der Waals surface area (Å²) in [6.07, 6.45) is 0. The Labute approximate surface area is 246 Å². The van der Waals surface area contributed by atoms with Crippen molar-refractivity contribution >= 4 is 32.3 Å². The minimum Gasteiger partial charge on any atom is -0.0622 e. The van der Waals surface area contributed by atoms with E-state index < -0.39 is 0 Å². The largest absolute Gasteiger partial charge is 0.0622 e. The van der Waals surface area contributed by atoms with E-state index in [1.807, 2.05) is 0 Å². The van der Waals surface area contributed by atoms with Crippen LogP contribution in [0.4, 0.5) is 0 Å². The van der Waals surface area contributed by atoms with Gasteiger partial charge in [0, 0.05) is 0 Å². The van der Waals surface area contributed by atoms with Crippen molar-refractivity contribution in [2.75, 3.05) is 0 Å². The van der Waals surface area contributed by atoms with Crippen LogP contribution in [0.25, 0.3) is 76.8 Å². The van der Waals surface area contributed by atoms with Crippen LogP contribution in [0.5, 0.6) is 0 Å². The maximum atomic E-state index is 2.34. The van der Waals surface area contributed by atoms with Gasteiger partial charge in [-0.05, 0) is 82.9 Å². The molecule has 0 unspecified atom stereocenters. The van der Waals surface area contributed by atoms with Gasteiger partial charge in [0.15, 0.2) is 0 Å². The third-order valence-electron chi connectivity index (χ3n) is 8.47. The lowest BCUT2D eigenvalue weighted by Crippen LogP contribution is -1.92.